The second-order valence-electron chi connectivity index (χ2n) is 5.61. The monoisotopic (exact) mass is 247 g/mol. The van der Waals surface area contributed by atoms with E-state index in [1.807, 2.05) is 0 Å². The quantitative estimate of drug-likeness (QED) is 0.879. The Morgan fingerprint density at radius 1 is 1.39 bits per heavy atom. The summed E-state index contributed by atoms with van der Waals surface area (Å²) in [5.74, 6) is 0. The van der Waals surface area contributed by atoms with Gasteiger partial charge in [0.2, 0.25) is 0 Å². The highest BCUT2D eigenvalue weighted by molar-refractivity contribution is 5.60. The molecule has 0 saturated heterocycles. The molecule has 1 aromatic rings. The third-order valence-electron chi connectivity index (χ3n) is 3.59. The van der Waals surface area contributed by atoms with E-state index in [9.17, 15) is 0 Å². The van der Waals surface area contributed by atoms with Crippen LogP contribution >= 0.6 is 0 Å². The number of nitrogens with one attached hydrogen (secondary N) is 1. The van der Waals surface area contributed by atoms with E-state index in [1.54, 1.807) is 0 Å². The summed E-state index contributed by atoms with van der Waals surface area (Å²) < 4.78 is 0. The van der Waals surface area contributed by atoms with E-state index >= 15 is 0 Å². The van der Waals surface area contributed by atoms with Gasteiger partial charge in [-0.25, -0.2) is 0 Å². The molecule has 100 valence electrons. The van der Waals surface area contributed by atoms with Crippen LogP contribution in [0.1, 0.15) is 18.1 Å². The molecule has 0 saturated carbocycles. The summed E-state index contributed by atoms with van der Waals surface area (Å²) in [6.07, 6.45) is 0. The Morgan fingerprint density at radius 2 is 2.17 bits per heavy atom. The number of nitrogens with zero attached hydrogens (tertiary/aromatic N) is 2. The van der Waals surface area contributed by atoms with Gasteiger partial charge in [0.25, 0.3) is 0 Å². The van der Waals surface area contributed by atoms with Crippen LogP contribution in [-0.4, -0.2) is 44.7 Å². The van der Waals surface area contributed by atoms with Crippen LogP contribution in [0.5, 0.6) is 0 Å². The normalized spacial score (nSPS) is 19.8. The summed E-state index contributed by atoms with van der Waals surface area (Å²) in [5, 5.41) is 3.59. The summed E-state index contributed by atoms with van der Waals surface area (Å²) in [6.45, 7) is 8.75. The molecule has 0 bridgehead atoms. The molecule has 0 spiro atoms. The highest BCUT2D eigenvalue weighted by atomic mass is 15.2. The highest BCUT2D eigenvalue weighted by Crippen LogP contribution is 2.27. The number of rotatable bonds is 3. The predicted octanol–water partition coefficient (Wildman–Crippen LogP) is 1.85. The standard InChI is InChI=1S/C15H25N3/c1-12-6-5-7-14-10-16-13(2)11-18(15(12)14)9-8-17(3)4/h5-7,13,16H,8-11H2,1-4H3. The molecule has 0 radical (unpaired) electrons. The first-order valence-electron chi connectivity index (χ1n) is 6.79. The summed E-state index contributed by atoms with van der Waals surface area (Å²) in [6, 6.07) is 7.17. The molecular weight excluding hydrogens is 222 g/mol. The molecule has 0 aliphatic carbocycles. The van der Waals surface area contributed by atoms with E-state index in [0.717, 1.165) is 26.2 Å². The van der Waals surface area contributed by atoms with Crippen molar-refractivity contribution < 1.29 is 0 Å². The Kier molecular flexibility index (Phi) is 4.25. The van der Waals surface area contributed by atoms with Gasteiger partial charge in [-0.1, -0.05) is 18.2 Å². The van der Waals surface area contributed by atoms with Crippen molar-refractivity contribution in [3.05, 3.63) is 29.3 Å². The smallest absolute Gasteiger partial charge is 0.0442 e. The Morgan fingerprint density at radius 3 is 2.89 bits per heavy atom. The number of benzene rings is 1. The molecule has 0 amide bonds. The number of aryl methyl sites for hydroxylation is 1. The van der Waals surface area contributed by atoms with Gasteiger partial charge in [0.05, 0.1) is 0 Å². The third kappa shape index (κ3) is 3.03. The number of likely N-dealkylation sites (N-methyl/N-ethyl adjacent to an activating group) is 1. The van der Waals surface area contributed by atoms with Crippen molar-refractivity contribution in [1.82, 2.24) is 10.2 Å². The van der Waals surface area contributed by atoms with Gasteiger partial charge in [-0.05, 0) is 39.1 Å². The Labute approximate surface area is 111 Å². The van der Waals surface area contributed by atoms with Crippen molar-refractivity contribution >= 4 is 5.69 Å². The fourth-order valence-electron chi connectivity index (χ4n) is 2.61. The van der Waals surface area contributed by atoms with E-state index in [-0.39, 0.29) is 0 Å². The number of fused-ring (bicyclic) bond motifs is 1. The fraction of sp³-hybridized carbons (Fsp3) is 0.600. The molecule has 1 unspecified atom stereocenters. The first-order chi connectivity index (χ1) is 8.58. The maximum Gasteiger partial charge on any atom is 0.0442 e. The third-order valence-corrected chi connectivity index (χ3v) is 3.59. The zero-order valence-corrected chi connectivity index (χ0v) is 12.0. The van der Waals surface area contributed by atoms with Crippen LogP contribution in [0.15, 0.2) is 18.2 Å². The molecule has 2 rings (SSSR count). The van der Waals surface area contributed by atoms with Crippen LogP contribution in [0.2, 0.25) is 0 Å². The van der Waals surface area contributed by atoms with Gasteiger partial charge in [0, 0.05) is 37.9 Å². The summed E-state index contributed by atoms with van der Waals surface area (Å²) in [4.78, 5) is 4.79. The van der Waals surface area contributed by atoms with Gasteiger partial charge in [0.15, 0.2) is 0 Å². The molecule has 0 aromatic heterocycles. The lowest BCUT2D eigenvalue weighted by molar-refractivity contribution is 0.409. The second-order valence-corrected chi connectivity index (χ2v) is 5.61. The number of hydrogen-bond donors (Lipinski definition) is 1. The second kappa shape index (κ2) is 5.72. The number of para-hydroxylation sites is 1. The van der Waals surface area contributed by atoms with Crippen LogP contribution in [0.3, 0.4) is 0 Å². The van der Waals surface area contributed by atoms with Gasteiger partial charge >= 0.3 is 0 Å². The zero-order valence-electron chi connectivity index (χ0n) is 12.0. The maximum absolute atomic E-state index is 3.59. The highest BCUT2D eigenvalue weighted by Gasteiger charge is 2.20. The molecule has 1 aliphatic rings. The van der Waals surface area contributed by atoms with Crippen LogP contribution in [0, 0.1) is 6.92 Å². The lowest BCUT2D eigenvalue weighted by atomic mass is 10.1. The summed E-state index contributed by atoms with van der Waals surface area (Å²) in [7, 11) is 4.27. The van der Waals surface area contributed by atoms with E-state index in [2.05, 4.69) is 61.3 Å². The van der Waals surface area contributed by atoms with Crippen molar-refractivity contribution in [3.63, 3.8) is 0 Å². The van der Waals surface area contributed by atoms with Gasteiger partial charge in [0.1, 0.15) is 0 Å². The molecule has 1 aromatic carbocycles. The molecule has 0 fully saturated rings. The van der Waals surface area contributed by atoms with Gasteiger partial charge in [-0.15, -0.1) is 0 Å². The van der Waals surface area contributed by atoms with Crippen LogP contribution in [-0.2, 0) is 6.54 Å². The van der Waals surface area contributed by atoms with E-state index in [1.165, 1.54) is 16.8 Å². The molecule has 3 heteroatoms. The molecule has 1 aliphatic heterocycles. The largest absolute Gasteiger partial charge is 0.368 e. The van der Waals surface area contributed by atoms with Crippen LogP contribution in [0.25, 0.3) is 0 Å². The van der Waals surface area contributed by atoms with Gasteiger partial charge < -0.3 is 15.1 Å². The Balaban J connectivity index is 2.26. The summed E-state index contributed by atoms with van der Waals surface area (Å²) >= 11 is 0. The van der Waals surface area contributed by atoms with Gasteiger partial charge in [-0.2, -0.15) is 0 Å². The minimum atomic E-state index is 0.541. The molecule has 1 atom stereocenters. The minimum Gasteiger partial charge on any atom is -0.368 e. The fourth-order valence-corrected chi connectivity index (χ4v) is 2.61. The predicted molar refractivity (Wildman–Crippen MR) is 78.2 cm³/mol. The van der Waals surface area contributed by atoms with E-state index in [4.69, 9.17) is 0 Å². The average Bonchev–Trinajstić information content (AvgIpc) is 2.47. The van der Waals surface area contributed by atoms with Crippen molar-refractivity contribution in [2.24, 2.45) is 0 Å². The molecule has 1 heterocycles. The first kappa shape index (κ1) is 13.4. The molecular formula is C15H25N3. The van der Waals surface area contributed by atoms with Crippen molar-refractivity contribution in [1.29, 1.82) is 0 Å². The minimum absolute atomic E-state index is 0.541. The number of anilines is 1. The van der Waals surface area contributed by atoms with E-state index < -0.39 is 0 Å². The van der Waals surface area contributed by atoms with Gasteiger partial charge in [-0.3, -0.25) is 0 Å². The Hall–Kier alpha value is -1.06. The van der Waals surface area contributed by atoms with Crippen LogP contribution < -0.4 is 10.2 Å². The number of hydrogen-bond acceptors (Lipinski definition) is 3. The Bertz CT molecular complexity index is 401. The molecule has 18 heavy (non-hydrogen) atoms. The van der Waals surface area contributed by atoms with Crippen molar-refractivity contribution in [2.75, 3.05) is 38.6 Å². The maximum atomic E-state index is 3.59. The molecule has 3 nitrogen and oxygen atoms in total. The lowest BCUT2D eigenvalue weighted by Gasteiger charge is -2.29. The zero-order chi connectivity index (χ0) is 13.1. The lowest BCUT2D eigenvalue weighted by Crippen LogP contribution is -2.39. The molecule has 1 N–H and O–H groups in total. The van der Waals surface area contributed by atoms with Crippen LogP contribution in [0.4, 0.5) is 5.69 Å². The average molecular weight is 247 g/mol. The van der Waals surface area contributed by atoms with E-state index in [0.29, 0.717) is 6.04 Å². The SMILES string of the molecule is Cc1cccc2c1N(CCN(C)C)CC(C)NC2. The topological polar surface area (TPSA) is 18.5 Å². The first-order valence-corrected chi connectivity index (χ1v) is 6.79. The van der Waals surface area contributed by atoms with Crippen molar-refractivity contribution in [3.8, 4) is 0 Å². The summed E-state index contributed by atoms with van der Waals surface area (Å²) in [5.41, 5.74) is 4.26. The van der Waals surface area contributed by atoms with Crippen molar-refractivity contribution in [2.45, 2.75) is 26.4 Å².